The Kier molecular flexibility index (Phi) is 17.0. The van der Waals surface area contributed by atoms with Crippen LogP contribution in [0.4, 0.5) is 5.69 Å². The second-order valence-corrected chi connectivity index (χ2v) is 18.8. The van der Waals surface area contributed by atoms with Crippen molar-refractivity contribution in [2.75, 3.05) is 39.2 Å². The highest BCUT2D eigenvalue weighted by molar-refractivity contribution is 7.99. The molecule has 2 saturated carbocycles. The highest BCUT2D eigenvalue weighted by atomic mass is 32.2. The molecule has 0 saturated heterocycles. The van der Waals surface area contributed by atoms with Gasteiger partial charge >= 0.3 is 0 Å². The molecule has 6 atom stereocenters. The summed E-state index contributed by atoms with van der Waals surface area (Å²) >= 11 is 1.74. The number of fused-ring (bicyclic) bond motifs is 2. The van der Waals surface area contributed by atoms with E-state index in [0.29, 0.717) is 49.7 Å². The Hall–Kier alpha value is -4.69. The summed E-state index contributed by atoms with van der Waals surface area (Å²) in [6.07, 6.45) is 15.0. The van der Waals surface area contributed by atoms with Crippen LogP contribution >= 0.6 is 11.8 Å². The number of hydrogen-bond donors (Lipinski definition) is 2. The Morgan fingerprint density at radius 1 is 1.02 bits per heavy atom. The summed E-state index contributed by atoms with van der Waals surface area (Å²) in [6, 6.07) is 22.0. The second kappa shape index (κ2) is 23.0. The van der Waals surface area contributed by atoms with Crippen molar-refractivity contribution in [2.45, 2.75) is 113 Å². The van der Waals surface area contributed by atoms with Gasteiger partial charge in [-0.1, -0.05) is 74.0 Å². The number of oxime groups is 1. The number of rotatable bonds is 24. The molecule has 3 aromatic carbocycles. The van der Waals surface area contributed by atoms with Gasteiger partial charge in [0.2, 0.25) is 11.7 Å². The molecule has 1 aliphatic heterocycles. The Morgan fingerprint density at radius 2 is 1.77 bits per heavy atom. The first-order valence-corrected chi connectivity index (χ1v) is 24.2. The molecule has 1 heterocycles. The number of nitro groups is 1. The smallest absolute Gasteiger partial charge is 0.269 e. The lowest BCUT2D eigenvalue weighted by Crippen LogP contribution is -2.69. The fourth-order valence-corrected chi connectivity index (χ4v) is 11.3. The van der Waals surface area contributed by atoms with E-state index in [2.05, 4.69) is 30.9 Å². The number of carbonyl (C=O) groups is 1. The summed E-state index contributed by atoms with van der Waals surface area (Å²) in [6.45, 7) is 5.03. The van der Waals surface area contributed by atoms with Crippen molar-refractivity contribution in [1.29, 1.82) is 0 Å². The van der Waals surface area contributed by atoms with Crippen molar-refractivity contribution in [3.05, 3.63) is 118 Å². The van der Waals surface area contributed by atoms with Gasteiger partial charge in [0, 0.05) is 67.4 Å². The number of thioether (sulfide) groups is 1. The molecule has 2 fully saturated rings. The number of ether oxygens (including phenoxy) is 3. The molecule has 0 unspecified atom stereocenters. The first-order chi connectivity index (χ1) is 31.3. The molecule has 0 bridgehead atoms. The monoisotopic (exact) mass is 895 g/mol. The number of unbranched alkanes of at least 4 members (excludes halogenated alkanes) is 2. The van der Waals surface area contributed by atoms with Gasteiger partial charge in [0.15, 0.2) is 0 Å². The molecule has 64 heavy (non-hydrogen) atoms. The van der Waals surface area contributed by atoms with Gasteiger partial charge in [0.1, 0.15) is 24.1 Å². The summed E-state index contributed by atoms with van der Waals surface area (Å²) in [5, 5.41) is 36.1. The maximum absolute atomic E-state index is 14.5. The standard InChI is InChI=1S/C51H65N3O9S/c1-3-29-61-51-47(53(2)48(57)26-21-36-13-7-8-14-36)34-45(52-62-35-37-19-22-39(23-20-37)54(58)59)43-32-38(15-9-11-27-55)42(18-10-12-28-56)49(50(43)51)44-33-40(24-25-46(44)63-51)60-30-31-64-41-16-5-4-6-17-41/h3-6,16-17,19-20,22-25,32-33,36,38,42,47,49-50,55-56H,1,7-15,18,21,26-31,34-35H2,2H3/t38-,42+,47-,49+,50+,51+/m0/s1. The number of non-ortho nitro benzene ring substituents is 1. The number of likely N-dealkylation sites (N-methyl/N-ethyl adjacent to an activating group) is 1. The van der Waals surface area contributed by atoms with Crippen LogP contribution in [-0.2, 0) is 21.0 Å². The summed E-state index contributed by atoms with van der Waals surface area (Å²) < 4.78 is 20.9. The second-order valence-electron chi connectivity index (χ2n) is 17.7. The van der Waals surface area contributed by atoms with Crippen LogP contribution in [0, 0.1) is 33.8 Å². The number of benzene rings is 3. The van der Waals surface area contributed by atoms with Gasteiger partial charge in [-0.2, -0.15) is 0 Å². The van der Waals surface area contributed by atoms with Gasteiger partial charge in [-0.3, -0.25) is 14.9 Å². The van der Waals surface area contributed by atoms with E-state index < -0.39 is 22.7 Å². The summed E-state index contributed by atoms with van der Waals surface area (Å²) in [7, 11) is 1.86. The fourth-order valence-electron chi connectivity index (χ4n) is 10.5. The number of aliphatic hydroxyl groups is 2. The molecule has 0 radical (unpaired) electrons. The molecular weight excluding hydrogens is 831 g/mol. The molecule has 7 rings (SSSR count). The minimum Gasteiger partial charge on any atom is -0.493 e. The van der Waals surface area contributed by atoms with Crippen LogP contribution in [-0.4, -0.2) is 82.7 Å². The van der Waals surface area contributed by atoms with E-state index in [1.165, 1.54) is 29.9 Å². The van der Waals surface area contributed by atoms with E-state index in [0.717, 1.165) is 73.1 Å². The SMILES string of the molecule is C=CCO[C@@]12Oc3ccc(OCCSc4ccccc4)cc3[C@H]3[C@H](CCCCO)[C@@H](CCCCO)C=C(C(=NOCc4ccc([N+](=O)[O-])cc4)C[C@@H]1N(C)C(=O)CCC1CCCC1)[C@H]32. The molecule has 0 aromatic heterocycles. The van der Waals surface area contributed by atoms with Gasteiger partial charge in [-0.15, -0.1) is 18.3 Å². The van der Waals surface area contributed by atoms with Gasteiger partial charge in [-0.05, 0) is 103 Å². The third kappa shape index (κ3) is 11.2. The number of carbonyl (C=O) groups excluding carboxylic acids is 1. The average molecular weight is 896 g/mol. The van der Waals surface area contributed by atoms with Gasteiger partial charge < -0.3 is 34.2 Å². The van der Waals surface area contributed by atoms with Crippen LogP contribution in [0.15, 0.2) is 107 Å². The van der Waals surface area contributed by atoms with Crippen molar-refractivity contribution in [3.8, 4) is 11.5 Å². The van der Waals surface area contributed by atoms with Crippen molar-refractivity contribution in [2.24, 2.45) is 28.8 Å². The maximum Gasteiger partial charge on any atom is 0.269 e. The van der Waals surface area contributed by atoms with Gasteiger partial charge in [-0.25, -0.2) is 0 Å². The number of nitrogens with zero attached hydrogens (tertiary/aromatic N) is 3. The minimum absolute atomic E-state index is 0.00178. The molecule has 344 valence electrons. The van der Waals surface area contributed by atoms with Gasteiger partial charge in [0.05, 0.1) is 29.8 Å². The van der Waals surface area contributed by atoms with Crippen LogP contribution < -0.4 is 9.47 Å². The summed E-state index contributed by atoms with van der Waals surface area (Å²) in [5.74, 6) is 1.01. The maximum atomic E-state index is 14.5. The molecule has 13 heteroatoms. The van der Waals surface area contributed by atoms with E-state index >= 15 is 0 Å². The predicted octanol–water partition coefficient (Wildman–Crippen LogP) is 10.0. The van der Waals surface area contributed by atoms with E-state index in [-0.39, 0.29) is 55.8 Å². The highest BCUT2D eigenvalue weighted by Gasteiger charge is 2.65. The Morgan fingerprint density at radius 3 is 2.48 bits per heavy atom. The summed E-state index contributed by atoms with van der Waals surface area (Å²) in [4.78, 5) is 34.6. The lowest BCUT2D eigenvalue weighted by molar-refractivity contribution is -0.384. The quantitative estimate of drug-likeness (QED) is 0.0292. The normalized spacial score (nSPS) is 24.3. The third-order valence-corrected chi connectivity index (χ3v) is 14.6. The largest absolute Gasteiger partial charge is 0.493 e. The van der Waals surface area contributed by atoms with E-state index in [4.69, 9.17) is 24.2 Å². The molecule has 3 aromatic rings. The van der Waals surface area contributed by atoms with Crippen LogP contribution in [0.2, 0.25) is 0 Å². The topological polar surface area (TPSA) is 153 Å². The predicted molar refractivity (Wildman–Crippen MR) is 249 cm³/mol. The lowest BCUT2D eigenvalue weighted by Gasteiger charge is -2.59. The first kappa shape index (κ1) is 47.3. The fraction of sp³-hybridized carbons (Fsp3) is 0.529. The summed E-state index contributed by atoms with van der Waals surface area (Å²) in [5.41, 5.74) is 3.39. The number of amides is 1. The zero-order valence-electron chi connectivity index (χ0n) is 37.2. The molecule has 12 nitrogen and oxygen atoms in total. The van der Waals surface area contributed by atoms with Crippen molar-refractivity contribution in [3.63, 3.8) is 0 Å². The number of hydrogen-bond acceptors (Lipinski definition) is 11. The Labute approximate surface area is 382 Å². The average Bonchev–Trinajstić information content (AvgIpc) is 3.84. The van der Waals surface area contributed by atoms with Crippen molar-refractivity contribution < 1.29 is 39.0 Å². The number of nitro benzene ring substituents is 1. The zero-order valence-corrected chi connectivity index (χ0v) is 38.0. The molecule has 1 amide bonds. The molecule has 4 aliphatic rings. The van der Waals surface area contributed by atoms with Crippen LogP contribution in [0.5, 0.6) is 11.5 Å². The van der Waals surface area contributed by atoms with E-state index in [1.54, 1.807) is 30.0 Å². The van der Waals surface area contributed by atoms with Crippen molar-refractivity contribution in [1.82, 2.24) is 4.90 Å². The number of allylic oxidation sites excluding steroid dienone is 1. The highest BCUT2D eigenvalue weighted by Crippen LogP contribution is 2.62. The van der Waals surface area contributed by atoms with Crippen LogP contribution in [0.3, 0.4) is 0 Å². The minimum atomic E-state index is -1.33. The molecule has 2 N–H and O–H groups in total. The van der Waals surface area contributed by atoms with E-state index in [1.807, 2.05) is 42.3 Å². The van der Waals surface area contributed by atoms with Gasteiger partial charge in [0.25, 0.3) is 5.69 Å². The first-order valence-electron chi connectivity index (χ1n) is 23.3. The van der Waals surface area contributed by atoms with Crippen LogP contribution in [0.1, 0.15) is 101 Å². The van der Waals surface area contributed by atoms with E-state index in [9.17, 15) is 25.1 Å². The molecular formula is C51H65N3O9S. The van der Waals surface area contributed by atoms with Crippen molar-refractivity contribution >= 4 is 29.1 Å². The zero-order chi connectivity index (χ0) is 44.9. The van der Waals surface area contributed by atoms with Crippen LogP contribution in [0.25, 0.3) is 0 Å². The molecule has 0 spiro atoms. The number of aliphatic hydroxyl groups excluding tert-OH is 2. The Bertz CT molecular complexity index is 2070. The Balaban J connectivity index is 1.32. The molecule has 3 aliphatic carbocycles. The lowest BCUT2D eigenvalue weighted by atomic mass is 9.55. The third-order valence-electron chi connectivity index (χ3n) is 13.7.